The number of carbonyl (C=O) groups is 3. The molecule has 4 amide bonds. The Kier molecular flexibility index (Phi) is 5.48. The van der Waals surface area contributed by atoms with Gasteiger partial charge in [0.1, 0.15) is 17.8 Å². The highest BCUT2D eigenvalue weighted by Gasteiger charge is 2.56. The van der Waals surface area contributed by atoms with Crippen LogP contribution in [0, 0.1) is 11.3 Å². The van der Waals surface area contributed by atoms with Gasteiger partial charge in [-0.25, -0.2) is 4.79 Å². The van der Waals surface area contributed by atoms with Gasteiger partial charge in [0.25, 0.3) is 5.91 Å². The number of amides is 4. The highest BCUT2D eigenvalue weighted by Crippen LogP contribution is 2.46. The molecule has 168 valence electrons. The number of benzene rings is 1. The van der Waals surface area contributed by atoms with Gasteiger partial charge in [0.05, 0.1) is 7.11 Å². The predicted octanol–water partition coefficient (Wildman–Crippen LogP) is 3.15. The van der Waals surface area contributed by atoms with Crippen LogP contribution in [0.4, 0.5) is 4.79 Å². The van der Waals surface area contributed by atoms with Gasteiger partial charge in [-0.15, -0.1) is 0 Å². The standard InChI is InChI=1S/C24H33N3O4/c1-16-11-23(2,3)15-24(12-16)21(29)27(22(30)25-24)14-20(28)26-10-9-18(13-26)17-5-7-19(31-4)8-6-17/h5-8,16,18H,9-15H2,1-4H3,(H,25,30). The SMILES string of the molecule is COc1ccc(C2CCN(C(=O)CN3C(=O)NC4(CC(C)CC(C)(C)C4)C3=O)C2)cc1. The van der Waals surface area contributed by atoms with Crippen LogP contribution in [-0.2, 0) is 9.59 Å². The van der Waals surface area contributed by atoms with Crippen LogP contribution in [0.25, 0.3) is 0 Å². The van der Waals surface area contributed by atoms with E-state index in [0.717, 1.165) is 23.5 Å². The largest absolute Gasteiger partial charge is 0.497 e. The number of urea groups is 1. The van der Waals surface area contributed by atoms with Crippen molar-refractivity contribution < 1.29 is 19.1 Å². The van der Waals surface area contributed by atoms with Gasteiger partial charge in [-0.1, -0.05) is 32.9 Å². The number of likely N-dealkylation sites (tertiary alicyclic amines) is 1. The Morgan fingerprint density at radius 3 is 2.55 bits per heavy atom. The molecule has 3 unspecified atom stereocenters. The minimum atomic E-state index is -0.866. The molecule has 0 radical (unpaired) electrons. The number of carbonyl (C=O) groups excluding carboxylic acids is 3. The minimum Gasteiger partial charge on any atom is -0.497 e. The fourth-order valence-electron chi connectivity index (χ4n) is 6.02. The second-order valence-electron chi connectivity index (χ2n) is 10.4. The van der Waals surface area contributed by atoms with E-state index in [4.69, 9.17) is 4.74 Å². The van der Waals surface area contributed by atoms with Crippen LogP contribution >= 0.6 is 0 Å². The van der Waals surface area contributed by atoms with Crippen molar-refractivity contribution in [3.63, 3.8) is 0 Å². The van der Waals surface area contributed by atoms with E-state index < -0.39 is 11.6 Å². The molecule has 1 saturated carbocycles. The summed E-state index contributed by atoms with van der Waals surface area (Å²) in [4.78, 5) is 41.8. The van der Waals surface area contributed by atoms with Crippen molar-refractivity contribution in [2.45, 2.75) is 57.9 Å². The normalized spacial score (nSPS) is 30.1. The highest BCUT2D eigenvalue weighted by molar-refractivity contribution is 6.09. The van der Waals surface area contributed by atoms with Gasteiger partial charge < -0.3 is 15.0 Å². The molecule has 0 aromatic heterocycles. The molecule has 2 aliphatic heterocycles. The maximum Gasteiger partial charge on any atom is 0.325 e. The van der Waals surface area contributed by atoms with Gasteiger partial charge in [-0.05, 0) is 54.7 Å². The molecule has 4 rings (SSSR count). The number of imide groups is 1. The molecule has 0 bridgehead atoms. The number of rotatable bonds is 4. The first-order valence-electron chi connectivity index (χ1n) is 11.2. The van der Waals surface area contributed by atoms with E-state index in [9.17, 15) is 14.4 Å². The Morgan fingerprint density at radius 1 is 1.19 bits per heavy atom. The maximum absolute atomic E-state index is 13.3. The summed E-state index contributed by atoms with van der Waals surface area (Å²) in [6, 6.07) is 7.49. The van der Waals surface area contributed by atoms with Crippen LogP contribution in [0.2, 0.25) is 0 Å². The Hall–Kier alpha value is -2.57. The lowest BCUT2D eigenvalue weighted by molar-refractivity contribution is -0.140. The highest BCUT2D eigenvalue weighted by atomic mass is 16.5. The van der Waals surface area contributed by atoms with Gasteiger partial charge in [0.2, 0.25) is 5.91 Å². The van der Waals surface area contributed by atoms with Gasteiger partial charge in [0.15, 0.2) is 0 Å². The minimum absolute atomic E-state index is 0.0266. The zero-order valence-corrected chi connectivity index (χ0v) is 18.9. The number of hydrogen-bond acceptors (Lipinski definition) is 4. The average Bonchev–Trinajstić information content (AvgIpc) is 3.26. The van der Waals surface area contributed by atoms with E-state index in [1.165, 1.54) is 5.56 Å². The number of nitrogens with zero attached hydrogens (tertiary/aromatic N) is 2. The van der Waals surface area contributed by atoms with Crippen molar-refractivity contribution in [1.29, 1.82) is 0 Å². The quantitative estimate of drug-likeness (QED) is 0.749. The molecule has 3 fully saturated rings. The van der Waals surface area contributed by atoms with Crippen molar-refractivity contribution >= 4 is 17.8 Å². The lowest BCUT2D eigenvalue weighted by atomic mass is 9.64. The molecular weight excluding hydrogens is 394 g/mol. The van der Waals surface area contributed by atoms with Crippen molar-refractivity contribution in [1.82, 2.24) is 15.1 Å². The molecule has 1 N–H and O–H groups in total. The van der Waals surface area contributed by atoms with Crippen molar-refractivity contribution in [2.75, 3.05) is 26.7 Å². The summed E-state index contributed by atoms with van der Waals surface area (Å²) in [5, 5.41) is 2.95. The van der Waals surface area contributed by atoms with Crippen molar-refractivity contribution in [3.8, 4) is 5.75 Å². The number of hydrogen-bond donors (Lipinski definition) is 1. The average molecular weight is 428 g/mol. The molecule has 7 heteroatoms. The van der Waals surface area contributed by atoms with Gasteiger partial charge in [-0.2, -0.15) is 0 Å². The molecule has 1 aromatic rings. The molecule has 1 spiro atoms. The molecule has 31 heavy (non-hydrogen) atoms. The Labute approximate surface area is 184 Å². The van der Waals surface area contributed by atoms with Gasteiger partial charge >= 0.3 is 6.03 Å². The summed E-state index contributed by atoms with van der Waals surface area (Å²) in [6.07, 6.45) is 3.14. The molecule has 1 aromatic carbocycles. The summed E-state index contributed by atoms with van der Waals surface area (Å²) >= 11 is 0. The summed E-state index contributed by atoms with van der Waals surface area (Å²) in [5.74, 6) is 0.996. The zero-order valence-electron chi connectivity index (χ0n) is 18.9. The molecule has 2 heterocycles. The van der Waals surface area contributed by atoms with E-state index in [1.807, 2.05) is 24.3 Å². The van der Waals surface area contributed by atoms with Crippen LogP contribution in [0.3, 0.4) is 0 Å². The molecule has 3 aliphatic rings. The summed E-state index contributed by atoms with van der Waals surface area (Å²) in [7, 11) is 1.64. The summed E-state index contributed by atoms with van der Waals surface area (Å²) in [5.41, 5.74) is 0.277. The Morgan fingerprint density at radius 2 is 1.90 bits per heavy atom. The monoisotopic (exact) mass is 427 g/mol. The number of nitrogens with one attached hydrogen (secondary N) is 1. The van der Waals surface area contributed by atoms with E-state index in [2.05, 4.69) is 26.1 Å². The number of methoxy groups -OCH3 is 1. The van der Waals surface area contributed by atoms with E-state index in [0.29, 0.717) is 31.8 Å². The topological polar surface area (TPSA) is 79.0 Å². The molecule has 1 aliphatic carbocycles. The Bertz CT molecular complexity index is 881. The van der Waals surface area contributed by atoms with Crippen LogP contribution in [-0.4, -0.2) is 59.9 Å². The first kappa shape index (κ1) is 21.7. The zero-order chi connectivity index (χ0) is 22.4. The first-order chi connectivity index (χ1) is 14.6. The fourth-order valence-corrected chi connectivity index (χ4v) is 6.02. The van der Waals surface area contributed by atoms with Crippen molar-refractivity contribution in [3.05, 3.63) is 29.8 Å². The third-order valence-corrected chi connectivity index (χ3v) is 7.05. The summed E-state index contributed by atoms with van der Waals surface area (Å²) < 4.78 is 5.21. The van der Waals surface area contributed by atoms with Crippen LogP contribution in [0.5, 0.6) is 5.75 Å². The molecule has 2 saturated heterocycles. The van der Waals surface area contributed by atoms with Crippen LogP contribution in [0.1, 0.15) is 57.9 Å². The van der Waals surface area contributed by atoms with Crippen molar-refractivity contribution in [2.24, 2.45) is 11.3 Å². The second kappa shape index (κ2) is 7.84. The maximum atomic E-state index is 13.3. The first-order valence-corrected chi connectivity index (χ1v) is 11.2. The molecule has 7 nitrogen and oxygen atoms in total. The lowest BCUT2D eigenvalue weighted by Crippen LogP contribution is -2.54. The van der Waals surface area contributed by atoms with Crippen LogP contribution < -0.4 is 10.1 Å². The van der Waals surface area contributed by atoms with Crippen LogP contribution in [0.15, 0.2) is 24.3 Å². The Balaban J connectivity index is 1.40. The third kappa shape index (κ3) is 4.14. The van der Waals surface area contributed by atoms with Gasteiger partial charge in [-0.3, -0.25) is 14.5 Å². The smallest absolute Gasteiger partial charge is 0.325 e. The van der Waals surface area contributed by atoms with Gasteiger partial charge in [0, 0.05) is 19.0 Å². The van der Waals surface area contributed by atoms with E-state index in [1.54, 1.807) is 12.0 Å². The van der Waals surface area contributed by atoms with E-state index >= 15 is 0 Å². The number of ether oxygens (including phenoxy) is 1. The molecular formula is C24H33N3O4. The third-order valence-electron chi connectivity index (χ3n) is 7.05. The predicted molar refractivity (Wildman–Crippen MR) is 117 cm³/mol. The summed E-state index contributed by atoms with van der Waals surface area (Å²) in [6.45, 7) is 7.46. The van der Waals surface area contributed by atoms with E-state index in [-0.39, 0.29) is 29.7 Å². The fraction of sp³-hybridized carbons (Fsp3) is 0.625. The molecule has 3 atom stereocenters. The second-order valence-corrected chi connectivity index (χ2v) is 10.4. The lowest BCUT2D eigenvalue weighted by Gasteiger charge is -2.43.